The van der Waals surface area contributed by atoms with E-state index in [9.17, 15) is 4.79 Å². The van der Waals surface area contributed by atoms with Gasteiger partial charge in [0.25, 0.3) is 0 Å². The summed E-state index contributed by atoms with van der Waals surface area (Å²) in [4.78, 5) is 16.2. The van der Waals surface area contributed by atoms with Crippen LogP contribution in [0.5, 0.6) is 0 Å². The number of aromatic nitrogens is 1. The van der Waals surface area contributed by atoms with Crippen LogP contribution >= 0.6 is 15.9 Å². The largest absolute Gasteiger partial charge is 0.318 e. The average Bonchev–Trinajstić information content (AvgIpc) is 2.16. The van der Waals surface area contributed by atoms with E-state index in [-0.39, 0.29) is 10.4 Å². The van der Waals surface area contributed by atoms with Crippen LogP contribution in [-0.2, 0) is 4.79 Å². The number of rotatable bonds is 3. The van der Waals surface area contributed by atoms with Crippen molar-refractivity contribution in [1.82, 2.24) is 9.47 Å². The Kier molecular flexibility index (Phi) is 4.21. The maximum atomic E-state index is 12.1. The maximum absolute atomic E-state index is 12.1. The minimum Gasteiger partial charge on any atom is -0.257 e. The van der Waals surface area contributed by atoms with Gasteiger partial charge in [-0.05, 0) is 21.8 Å². The number of hydrogen-bond acceptors (Lipinski definition) is 2. The predicted octanol–water partition coefficient (Wildman–Crippen LogP) is 2.98. The highest BCUT2D eigenvalue weighted by atomic mass is 79.9. The Morgan fingerprint density at radius 1 is 1.44 bits per heavy atom. The molecule has 0 bridgehead atoms. The van der Waals surface area contributed by atoms with E-state index in [1.165, 1.54) is 0 Å². The molecule has 0 saturated carbocycles. The molecule has 88 valence electrons. The van der Waals surface area contributed by atoms with Crippen molar-refractivity contribution < 1.29 is 4.79 Å². The lowest BCUT2D eigenvalue weighted by Crippen LogP contribution is -2.47. The molecule has 1 amide bonds. The first-order valence-electron chi connectivity index (χ1n) is 5.32. The number of nitrogens with zero attached hydrogens (tertiary/aromatic N) is 2. The minimum absolute atomic E-state index is 0.204. The van der Waals surface area contributed by atoms with Gasteiger partial charge in [-0.25, -0.2) is 9.28 Å². The molecule has 16 heavy (non-hydrogen) atoms. The Labute approximate surface area is 105 Å². The average molecular weight is 286 g/mol. The first-order valence-corrected chi connectivity index (χ1v) is 6.12. The number of quaternary nitrogens is 1. The van der Waals surface area contributed by atoms with Gasteiger partial charge in [0.2, 0.25) is 0 Å². The molecule has 0 atom stereocenters. The number of hydrogen-bond donors (Lipinski definition) is 0. The molecule has 4 heteroatoms. The molecule has 1 aromatic heterocycles. The molecular weight excluding hydrogens is 268 g/mol. The third-order valence-electron chi connectivity index (χ3n) is 2.54. The smallest absolute Gasteiger partial charge is 0.257 e. The van der Waals surface area contributed by atoms with Gasteiger partial charge in [-0.15, -0.1) is 0 Å². The first kappa shape index (κ1) is 13.3. The second-order valence-corrected chi connectivity index (χ2v) is 5.72. The zero-order valence-electron chi connectivity index (χ0n) is 10.2. The highest BCUT2D eigenvalue weighted by molar-refractivity contribution is 9.10. The van der Waals surface area contributed by atoms with Gasteiger partial charge in [0.15, 0.2) is 5.69 Å². The van der Waals surface area contributed by atoms with Gasteiger partial charge in [0.05, 0.1) is 26.7 Å². The van der Waals surface area contributed by atoms with Gasteiger partial charge in [0, 0.05) is 16.7 Å². The summed E-state index contributed by atoms with van der Waals surface area (Å²) in [6.07, 6.45) is 4.04. The lowest BCUT2D eigenvalue weighted by molar-refractivity contribution is -0.128. The Bertz CT molecular complexity index is 388. The predicted molar refractivity (Wildman–Crippen MR) is 70.0 cm³/mol. The lowest BCUT2D eigenvalue weighted by Gasteiger charge is -2.26. The molecule has 0 fully saturated rings. The zero-order valence-corrected chi connectivity index (χ0v) is 11.8. The summed E-state index contributed by atoms with van der Waals surface area (Å²) in [5.74, 6) is 0.583. The van der Waals surface area contributed by atoms with Crippen LogP contribution in [0.15, 0.2) is 22.9 Å². The van der Waals surface area contributed by atoms with Crippen LogP contribution in [0.2, 0.25) is 0 Å². The molecule has 0 aliphatic heterocycles. The Morgan fingerprint density at radius 3 is 2.56 bits per heavy atom. The van der Waals surface area contributed by atoms with Crippen molar-refractivity contribution in [3.8, 4) is 0 Å². The van der Waals surface area contributed by atoms with Crippen LogP contribution in [0.1, 0.15) is 20.3 Å². The summed E-state index contributed by atoms with van der Waals surface area (Å²) in [5, 5.41) is 0. The number of carbonyl (C=O) groups excluding carboxylic acids is 1. The first-order chi connectivity index (χ1) is 7.34. The van der Waals surface area contributed by atoms with Crippen molar-refractivity contribution in [2.45, 2.75) is 20.3 Å². The van der Waals surface area contributed by atoms with Gasteiger partial charge >= 0.3 is 5.91 Å². The summed E-state index contributed by atoms with van der Waals surface area (Å²) < 4.78 is 1.14. The van der Waals surface area contributed by atoms with E-state index in [2.05, 4.69) is 34.8 Å². The van der Waals surface area contributed by atoms with Crippen LogP contribution in [0.4, 0.5) is 5.69 Å². The van der Waals surface area contributed by atoms with Crippen molar-refractivity contribution in [2.24, 2.45) is 5.92 Å². The van der Waals surface area contributed by atoms with E-state index >= 15 is 0 Å². The van der Waals surface area contributed by atoms with E-state index in [1.54, 1.807) is 12.4 Å². The minimum atomic E-state index is 0.204. The van der Waals surface area contributed by atoms with Gasteiger partial charge < -0.3 is 0 Å². The summed E-state index contributed by atoms with van der Waals surface area (Å²) in [6.45, 7) is 4.11. The third kappa shape index (κ3) is 3.12. The second-order valence-electron chi connectivity index (χ2n) is 4.81. The highest BCUT2D eigenvalue weighted by Crippen LogP contribution is 2.23. The number of halogens is 1. The van der Waals surface area contributed by atoms with Crippen LogP contribution in [-0.4, -0.2) is 25.0 Å². The molecule has 0 aromatic carbocycles. The number of carbonyl (C=O) groups is 1. The van der Waals surface area contributed by atoms with E-state index in [0.717, 1.165) is 10.2 Å². The van der Waals surface area contributed by atoms with Gasteiger partial charge in [0.1, 0.15) is 0 Å². The van der Waals surface area contributed by atoms with Gasteiger partial charge in [-0.2, -0.15) is 0 Å². The molecule has 0 radical (unpaired) electrons. The zero-order chi connectivity index (χ0) is 12.3. The van der Waals surface area contributed by atoms with Crippen molar-refractivity contribution in [3.05, 3.63) is 22.9 Å². The van der Waals surface area contributed by atoms with E-state index in [4.69, 9.17) is 0 Å². The molecule has 0 aliphatic carbocycles. The SMILES string of the molecule is CC(C)CC(=O)[N+](C)(C)c1cncc(Br)c1. The Morgan fingerprint density at radius 2 is 2.06 bits per heavy atom. The van der Waals surface area contributed by atoms with E-state index in [1.807, 2.05) is 20.2 Å². The third-order valence-corrected chi connectivity index (χ3v) is 2.98. The van der Waals surface area contributed by atoms with Crippen molar-refractivity contribution in [2.75, 3.05) is 14.1 Å². The van der Waals surface area contributed by atoms with Crippen molar-refractivity contribution >= 4 is 27.5 Å². The molecule has 0 unspecified atom stereocenters. The molecule has 3 nitrogen and oxygen atoms in total. The normalized spacial score (nSPS) is 11.9. The second kappa shape index (κ2) is 5.06. The molecule has 0 saturated heterocycles. The van der Waals surface area contributed by atoms with Crippen LogP contribution < -0.4 is 4.48 Å². The summed E-state index contributed by atoms with van der Waals surface area (Å²) >= 11 is 3.37. The molecule has 0 aliphatic rings. The Balaban J connectivity index is 2.97. The summed E-state index contributed by atoms with van der Waals surface area (Å²) in [7, 11) is 3.79. The monoisotopic (exact) mass is 285 g/mol. The standard InChI is InChI=1S/C12H18BrN2O/c1-9(2)5-12(16)15(3,4)11-6-10(13)7-14-8-11/h6-9H,5H2,1-4H3/q+1. The quantitative estimate of drug-likeness (QED) is 0.800. The van der Waals surface area contributed by atoms with Crippen LogP contribution in [0.25, 0.3) is 0 Å². The summed E-state index contributed by atoms with van der Waals surface area (Å²) in [5.41, 5.74) is 0.903. The van der Waals surface area contributed by atoms with E-state index in [0.29, 0.717) is 12.3 Å². The molecule has 1 rings (SSSR count). The van der Waals surface area contributed by atoms with Crippen LogP contribution in [0, 0.1) is 5.92 Å². The maximum Gasteiger partial charge on any atom is 0.318 e. The molecule has 0 N–H and O–H groups in total. The molecular formula is C12H18BrN2O+. The number of pyridine rings is 1. The van der Waals surface area contributed by atoms with E-state index < -0.39 is 0 Å². The molecule has 1 heterocycles. The fraction of sp³-hybridized carbons (Fsp3) is 0.500. The van der Waals surface area contributed by atoms with Crippen LogP contribution in [0.3, 0.4) is 0 Å². The van der Waals surface area contributed by atoms with Crippen molar-refractivity contribution in [3.63, 3.8) is 0 Å². The highest BCUT2D eigenvalue weighted by Gasteiger charge is 2.29. The van der Waals surface area contributed by atoms with Gasteiger partial charge in [-0.1, -0.05) is 13.8 Å². The Hall–Kier alpha value is -0.740. The number of amides is 1. The lowest BCUT2D eigenvalue weighted by atomic mass is 10.1. The molecule has 0 spiro atoms. The fourth-order valence-electron chi connectivity index (χ4n) is 1.43. The van der Waals surface area contributed by atoms with Gasteiger partial charge in [-0.3, -0.25) is 4.98 Å². The fourth-order valence-corrected chi connectivity index (χ4v) is 1.78. The molecule has 1 aromatic rings. The van der Waals surface area contributed by atoms with Crippen molar-refractivity contribution in [1.29, 1.82) is 0 Å². The topological polar surface area (TPSA) is 30.0 Å². The summed E-state index contributed by atoms with van der Waals surface area (Å²) in [6, 6.07) is 1.94.